The Balaban J connectivity index is 1.72. The van der Waals surface area contributed by atoms with E-state index >= 15 is 0 Å². The van der Waals surface area contributed by atoms with Crippen LogP contribution in [0.15, 0.2) is 17.2 Å². The topological polar surface area (TPSA) is 156 Å². The molecular formula is C21H26N6O7S. The zero-order valence-electron chi connectivity index (χ0n) is 19.5. The van der Waals surface area contributed by atoms with Crippen molar-refractivity contribution in [3.05, 3.63) is 28.2 Å². The Labute approximate surface area is 205 Å². The maximum absolute atomic E-state index is 12.5. The highest BCUT2D eigenvalue weighted by molar-refractivity contribution is 7.80. The Bertz CT molecular complexity index is 1210. The van der Waals surface area contributed by atoms with Gasteiger partial charge in [-0.1, -0.05) is 0 Å². The number of carboxylic acid groups (broad SMARTS) is 1. The fourth-order valence-electron chi connectivity index (χ4n) is 3.64. The van der Waals surface area contributed by atoms with Crippen LogP contribution in [0, 0.1) is 0 Å². The highest BCUT2D eigenvalue weighted by Gasteiger charge is 2.28. The number of hydrogen-bond acceptors (Lipinski definition) is 10. The number of aryl methyl sites for hydroxylation is 1. The summed E-state index contributed by atoms with van der Waals surface area (Å²) >= 11 is 5.42. The average Bonchev–Trinajstić information content (AvgIpc) is 2.87. The number of rotatable bonds is 7. The van der Waals surface area contributed by atoms with Crippen molar-refractivity contribution in [3.63, 3.8) is 0 Å². The predicted octanol–water partition coefficient (Wildman–Crippen LogP) is -0.389. The first kappa shape index (κ1) is 25.8. The van der Waals surface area contributed by atoms with Crippen molar-refractivity contribution < 1.29 is 29.0 Å². The smallest absolute Gasteiger partial charge is 0.341 e. The molecule has 0 spiro atoms. The second-order valence-electron chi connectivity index (χ2n) is 7.65. The molecule has 0 unspecified atom stereocenters. The number of ether oxygens (including phenoxy) is 2. The second-order valence-corrected chi connectivity index (χ2v) is 8.04. The van der Waals surface area contributed by atoms with Crippen molar-refractivity contribution in [2.75, 3.05) is 45.3 Å². The Morgan fingerprint density at radius 3 is 2.46 bits per heavy atom. The first-order valence-corrected chi connectivity index (χ1v) is 11.2. The van der Waals surface area contributed by atoms with Gasteiger partial charge in [0.15, 0.2) is 5.11 Å². The van der Waals surface area contributed by atoms with E-state index in [2.05, 4.69) is 20.0 Å². The number of piperazine rings is 1. The van der Waals surface area contributed by atoms with Gasteiger partial charge in [0, 0.05) is 45.1 Å². The summed E-state index contributed by atoms with van der Waals surface area (Å²) in [6.07, 6.45) is 2.42. The SMILES string of the molecule is CCn1cc(C(=O)O)c(=O)c2cnc(N3CCN(C(=S)N[C@@H](CC(=O)OC)C(=O)OC)CC3)nc21. The molecule has 3 heterocycles. The van der Waals surface area contributed by atoms with Crippen molar-refractivity contribution in [3.8, 4) is 0 Å². The predicted molar refractivity (Wildman–Crippen MR) is 128 cm³/mol. The van der Waals surface area contributed by atoms with Crippen LogP contribution in [0.25, 0.3) is 11.0 Å². The molecule has 14 heteroatoms. The van der Waals surface area contributed by atoms with Crippen molar-refractivity contribution in [2.45, 2.75) is 25.9 Å². The number of esters is 2. The molecule has 1 atom stereocenters. The summed E-state index contributed by atoms with van der Waals surface area (Å²) in [6.45, 7) is 4.21. The quantitative estimate of drug-likeness (QED) is 0.370. The van der Waals surface area contributed by atoms with Crippen LogP contribution in [0.3, 0.4) is 0 Å². The lowest BCUT2D eigenvalue weighted by Crippen LogP contribution is -2.55. The molecule has 2 N–H and O–H groups in total. The number of anilines is 1. The van der Waals surface area contributed by atoms with E-state index in [9.17, 15) is 24.3 Å². The van der Waals surface area contributed by atoms with Gasteiger partial charge in [-0.05, 0) is 19.1 Å². The van der Waals surface area contributed by atoms with Crippen molar-refractivity contribution >= 4 is 52.2 Å². The number of aromatic carboxylic acids is 1. The first-order valence-electron chi connectivity index (χ1n) is 10.8. The van der Waals surface area contributed by atoms with Gasteiger partial charge in [0.05, 0.1) is 26.0 Å². The van der Waals surface area contributed by atoms with Crippen LogP contribution in [0.2, 0.25) is 0 Å². The fraction of sp³-hybridized carbons (Fsp3) is 0.476. The van der Waals surface area contributed by atoms with Crippen molar-refractivity contribution in [2.24, 2.45) is 0 Å². The number of aromatic nitrogens is 3. The van der Waals surface area contributed by atoms with Crippen LogP contribution < -0.4 is 15.6 Å². The van der Waals surface area contributed by atoms with E-state index in [1.54, 1.807) is 4.57 Å². The Morgan fingerprint density at radius 2 is 1.89 bits per heavy atom. The second kappa shape index (κ2) is 11.1. The lowest BCUT2D eigenvalue weighted by atomic mass is 10.2. The number of fused-ring (bicyclic) bond motifs is 1. The standard InChI is InChI=1S/C21H26N6O7S/c1-4-25-11-13(18(30)31)16(29)12-10-22-20(24-17(12)25)26-5-7-27(8-6-26)21(35)23-14(19(32)34-3)9-15(28)33-2/h10-11,14H,4-9H2,1-3H3,(H,23,35)(H,30,31)/t14-/m0/s1. The third kappa shape index (κ3) is 5.65. The van der Waals surface area contributed by atoms with Crippen LogP contribution in [0.1, 0.15) is 23.7 Å². The van der Waals surface area contributed by atoms with Gasteiger partial charge in [-0.2, -0.15) is 4.98 Å². The molecule has 2 aromatic rings. The molecule has 1 saturated heterocycles. The molecule has 35 heavy (non-hydrogen) atoms. The highest BCUT2D eigenvalue weighted by Crippen LogP contribution is 2.16. The molecule has 0 radical (unpaired) electrons. The average molecular weight is 507 g/mol. The van der Waals surface area contributed by atoms with E-state index in [1.165, 1.54) is 26.6 Å². The summed E-state index contributed by atoms with van der Waals surface area (Å²) < 4.78 is 11.0. The van der Waals surface area contributed by atoms with Crippen LogP contribution in [0.4, 0.5) is 5.95 Å². The molecule has 0 bridgehead atoms. The van der Waals surface area contributed by atoms with Crippen molar-refractivity contribution in [1.29, 1.82) is 0 Å². The summed E-state index contributed by atoms with van der Waals surface area (Å²) in [6, 6.07) is -0.969. The van der Waals surface area contributed by atoms with Gasteiger partial charge >= 0.3 is 17.9 Å². The zero-order chi connectivity index (χ0) is 25.7. The first-order chi connectivity index (χ1) is 16.7. The molecule has 0 saturated carbocycles. The molecule has 0 aromatic carbocycles. The van der Waals surface area contributed by atoms with Crippen LogP contribution in [-0.2, 0) is 25.6 Å². The summed E-state index contributed by atoms with van der Waals surface area (Å²) in [5.41, 5.74) is -0.601. The summed E-state index contributed by atoms with van der Waals surface area (Å²) in [7, 11) is 2.45. The minimum atomic E-state index is -1.30. The van der Waals surface area contributed by atoms with Gasteiger partial charge in [0.2, 0.25) is 11.4 Å². The molecule has 3 rings (SSSR count). The Morgan fingerprint density at radius 1 is 1.20 bits per heavy atom. The molecule has 188 valence electrons. The van der Waals surface area contributed by atoms with Crippen molar-refractivity contribution in [1.82, 2.24) is 24.8 Å². The normalized spacial score (nSPS) is 14.4. The van der Waals surface area contributed by atoms with E-state index < -0.39 is 29.4 Å². The molecule has 1 fully saturated rings. The number of pyridine rings is 1. The molecular weight excluding hydrogens is 480 g/mol. The Hall–Kier alpha value is -3.81. The molecule has 1 aliphatic rings. The van der Waals surface area contributed by atoms with Crippen LogP contribution in [0.5, 0.6) is 0 Å². The highest BCUT2D eigenvalue weighted by atomic mass is 32.1. The van der Waals surface area contributed by atoms with Crippen LogP contribution in [-0.4, -0.2) is 94.0 Å². The van der Waals surface area contributed by atoms with E-state index in [0.29, 0.717) is 49.4 Å². The number of methoxy groups -OCH3 is 2. The number of hydrogen-bond donors (Lipinski definition) is 2. The molecule has 2 aromatic heterocycles. The number of carbonyl (C=O) groups is 3. The number of nitrogens with one attached hydrogen (secondary N) is 1. The van der Waals surface area contributed by atoms with Gasteiger partial charge in [0.1, 0.15) is 17.3 Å². The summed E-state index contributed by atoms with van der Waals surface area (Å²) in [5.74, 6) is -2.10. The van der Waals surface area contributed by atoms with Gasteiger partial charge in [-0.3, -0.25) is 9.59 Å². The van der Waals surface area contributed by atoms with Gasteiger partial charge in [0.25, 0.3) is 0 Å². The summed E-state index contributed by atoms with van der Waals surface area (Å²) in [5, 5.41) is 12.6. The number of carbonyl (C=O) groups excluding carboxylic acids is 2. The number of carboxylic acids is 1. The van der Waals surface area contributed by atoms with Gasteiger partial charge in [-0.25, -0.2) is 14.6 Å². The molecule has 13 nitrogen and oxygen atoms in total. The monoisotopic (exact) mass is 506 g/mol. The lowest BCUT2D eigenvalue weighted by molar-refractivity contribution is -0.149. The third-order valence-electron chi connectivity index (χ3n) is 5.60. The maximum Gasteiger partial charge on any atom is 0.341 e. The largest absolute Gasteiger partial charge is 0.477 e. The van der Waals surface area contributed by atoms with E-state index in [4.69, 9.17) is 17.0 Å². The number of thiocarbonyl (C=S) groups is 1. The maximum atomic E-state index is 12.5. The molecule has 0 amide bonds. The third-order valence-corrected chi connectivity index (χ3v) is 5.98. The van der Waals surface area contributed by atoms with E-state index in [-0.39, 0.29) is 17.4 Å². The summed E-state index contributed by atoms with van der Waals surface area (Å²) in [4.78, 5) is 60.1. The minimum Gasteiger partial charge on any atom is -0.477 e. The van der Waals surface area contributed by atoms with Crippen LogP contribution >= 0.6 is 12.2 Å². The van der Waals surface area contributed by atoms with Gasteiger partial charge in [-0.15, -0.1) is 0 Å². The molecule has 1 aliphatic heterocycles. The van der Waals surface area contributed by atoms with E-state index in [1.807, 2.05) is 16.7 Å². The minimum absolute atomic E-state index is 0.138. The number of nitrogens with zero attached hydrogens (tertiary/aromatic N) is 5. The molecule has 0 aliphatic carbocycles. The van der Waals surface area contributed by atoms with E-state index in [0.717, 1.165) is 0 Å². The van der Waals surface area contributed by atoms with Gasteiger partial charge < -0.3 is 34.3 Å². The zero-order valence-corrected chi connectivity index (χ0v) is 20.3. The lowest BCUT2D eigenvalue weighted by Gasteiger charge is -2.36. The fourth-order valence-corrected chi connectivity index (χ4v) is 3.97. The Kier molecular flexibility index (Phi) is 8.17.